The van der Waals surface area contributed by atoms with Crippen molar-refractivity contribution in [2.45, 2.75) is 71.1 Å². The third-order valence-electron chi connectivity index (χ3n) is 7.21. The second kappa shape index (κ2) is 14.5. The van der Waals surface area contributed by atoms with Crippen molar-refractivity contribution in [3.05, 3.63) is 132 Å². The van der Waals surface area contributed by atoms with Crippen molar-refractivity contribution < 1.29 is 29.0 Å². The maximum Gasteiger partial charge on any atom is 0.419 e. The van der Waals surface area contributed by atoms with E-state index in [9.17, 15) is 19.5 Å². The Bertz CT molecular complexity index is 1560. The van der Waals surface area contributed by atoms with Crippen LogP contribution in [-0.2, 0) is 19.8 Å². The molecule has 0 spiro atoms. The standard InChI is InChI=1S/C38H43N3O6/c1-36(2,3)46-34(44)41(35(45)47-37(4,5)6)25-17-16-24-31(33(42)43)32-26-40(27-39-32)38(28-18-10-7-11-19-28,29-20-12-8-13-21-29)30-22-14-9-15-23-30/h7-15,18-24,26-27H,16-17,25H2,1-6H3,(H,42,43). The predicted octanol–water partition coefficient (Wildman–Crippen LogP) is 8.14. The summed E-state index contributed by atoms with van der Waals surface area (Å²) in [6.07, 6.45) is 3.84. The Balaban J connectivity index is 1.68. The number of benzene rings is 3. The van der Waals surface area contributed by atoms with Gasteiger partial charge in [-0.1, -0.05) is 97.1 Å². The number of hydrogen-bond acceptors (Lipinski definition) is 6. The molecule has 246 valence electrons. The van der Waals surface area contributed by atoms with Crippen LogP contribution in [0.3, 0.4) is 0 Å². The van der Waals surface area contributed by atoms with E-state index in [1.54, 1.807) is 60.1 Å². The first-order valence-electron chi connectivity index (χ1n) is 15.6. The molecule has 2 amide bonds. The van der Waals surface area contributed by atoms with Crippen LogP contribution in [0, 0.1) is 0 Å². The summed E-state index contributed by atoms with van der Waals surface area (Å²) in [6.45, 7) is 10.2. The number of aromatic nitrogens is 2. The molecule has 1 aromatic heterocycles. The molecule has 1 N–H and O–H groups in total. The molecule has 9 nitrogen and oxygen atoms in total. The Kier molecular flexibility index (Phi) is 10.7. The molecule has 47 heavy (non-hydrogen) atoms. The summed E-state index contributed by atoms with van der Waals surface area (Å²) >= 11 is 0. The Morgan fingerprint density at radius 2 is 1.17 bits per heavy atom. The van der Waals surface area contributed by atoms with E-state index in [1.807, 2.05) is 59.2 Å². The molecule has 0 atom stereocenters. The number of aliphatic carboxylic acids is 1. The van der Waals surface area contributed by atoms with E-state index < -0.39 is 34.9 Å². The second-order valence-electron chi connectivity index (χ2n) is 13.2. The van der Waals surface area contributed by atoms with E-state index in [2.05, 4.69) is 41.4 Å². The first kappa shape index (κ1) is 34.7. The number of hydrogen-bond donors (Lipinski definition) is 1. The fourth-order valence-corrected chi connectivity index (χ4v) is 5.32. The number of nitrogens with zero attached hydrogens (tertiary/aromatic N) is 3. The van der Waals surface area contributed by atoms with E-state index in [-0.39, 0.29) is 30.7 Å². The second-order valence-corrected chi connectivity index (χ2v) is 13.2. The lowest BCUT2D eigenvalue weighted by Crippen LogP contribution is -2.44. The molecule has 3 aromatic carbocycles. The van der Waals surface area contributed by atoms with Gasteiger partial charge in [0.1, 0.15) is 16.7 Å². The SMILES string of the molecule is CC(C)(C)OC(=O)N(CCCC=C(C(=O)O)c1cn(C(c2ccccc2)(c2ccccc2)c2ccccc2)cn1)C(=O)OC(C)(C)C. The number of imide groups is 1. The molecule has 0 aliphatic rings. The minimum absolute atomic E-state index is 0.00733. The number of carboxylic acids is 1. The van der Waals surface area contributed by atoms with Crippen molar-refractivity contribution >= 4 is 23.7 Å². The number of carbonyl (C=O) groups excluding carboxylic acids is 2. The van der Waals surface area contributed by atoms with Gasteiger partial charge in [-0.3, -0.25) is 0 Å². The molecular weight excluding hydrogens is 594 g/mol. The summed E-state index contributed by atoms with van der Waals surface area (Å²) in [7, 11) is 0. The van der Waals surface area contributed by atoms with Gasteiger partial charge in [0.05, 0.1) is 17.6 Å². The number of ether oxygens (including phenoxy) is 2. The number of allylic oxidation sites excluding steroid dienone is 1. The molecule has 4 aromatic rings. The molecule has 9 heteroatoms. The first-order chi connectivity index (χ1) is 22.2. The van der Waals surface area contributed by atoms with E-state index in [0.717, 1.165) is 21.6 Å². The van der Waals surface area contributed by atoms with Crippen LogP contribution in [-0.4, -0.2) is 55.5 Å². The zero-order valence-electron chi connectivity index (χ0n) is 27.8. The van der Waals surface area contributed by atoms with Gasteiger partial charge >= 0.3 is 18.2 Å². The third-order valence-corrected chi connectivity index (χ3v) is 7.21. The van der Waals surface area contributed by atoms with Gasteiger partial charge in [0.15, 0.2) is 0 Å². The van der Waals surface area contributed by atoms with Crippen molar-refractivity contribution in [1.82, 2.24) is 14.5 Å². The van der Waals surface area contributed by atoms with Crippen LogP contribution >= 0.6 is 0 Å². The number of imidazole rings is 1. The highest BCUT2D eigenvalue weighted by atomic mass is 16.6. The van der Waals surface area contributed by atoms with Gasteiger partial charge in [0.25, 0.3) is 0 Å². The van der Waals surface area contributed by atoms with Crippen LogP contribution in [0.1, 0.15) is 76.8 Å². The lowest BCUT2D eigenvalue weighted by Gasteiger charge is -2.37. The van der Waals surface area contributed by atoms with Crippen LogP contribution in [0.5, 0.6) is 0 Å². The van der Waals surface area contributed by atoms with E-state index in [0.29, 0.717) is 0 Å². The lowest BCUT2D eigenvalue weighted by molar-refractivity contribution is -0.130. The molecule has 0 saturated heterocycles. The summed E-state index contributed by atoms with van der Waals surface area (Å²) in [5.41, 5.74) is 0.737. The molecule has 1 heterocycles. The van der Waals surface area contributed by atoms with Gasteiger partial charge in [0.2, 0.25) is 0 Å². The van der Waals surface area contributed by atoms with Crippen LogP contribution in [0.2, 0.25) is 0 Å². The summed E-state index contributed by atoms with van der Waals surface area (Å²) in [5.74, 6) is -1.14. The van der Waals surface area contributed by atoms with Crippen molar-refractivity contribution in [3.63, 3.8) is 0 Å². The Morgan fingerprint density at radius 1 is 0.745 bits per heavy atom. The van der Waals surface area contributed by atoms with E-state index in [4.69, 9.17) is 9.47 Å². The van der Waals surface area contributed by atoms with Crippen LogP contribution < -0.4 is 0 Å². The molecule has 4 rings (SSSR count). The van der Waals surface area contributed by atoms with E-state index in [1.165, 1.54) is 0 Å². The zero-order valence-corrected chi connectivity index (χ0v) is 27.8. The minimum Gasteiger partial charge on any atom is -0.478 e. The van der Waals surface area contributed by atoms with Gasteiger partial charge in [-0.15, -0.1) is 0 Å². The Morgan fingerprint density at radius 3 is 1.55 bits per heavy atom. The number of amides is 2. The van der Waals surface area contributed by atoms with Gasteiger partial charge in [-0.2, -0.15) is 0 Å². The monoisotopic (exact) mass is 637 g/mol. The first-order valence-corrected chi connectivity index (χ1v) is 15.6. The van der Waals surface area contributed by atoms with Gasteiger partial charge in [-0.25, -0.2) is 24.3 Å². The molecule has 0 saturated carbocycles. The summed E-state index contributed by atoms with van der Waals surface area (Å²) in [6, 6.07) is 30.1. The van der Waals surface area contributed by atoms with Gasteiger partial charge in [0, 0.05) is 12.7 Å². The fourth-order valence-electron chi connectivity index (χ4n) is 5.32. The van der Waals surface area contributed by atoms with Crippen LogP contribution in [0.4, 0.5) is 9.59 Å². The summed E-state index contributed by atoms with van der Waals surface area (Å²) in [4.78, 5) is 43.8. The number of carboxylic acid groups (broad SMARTS) is 1. The topological polar surface area (TPSA) is 111 Å². The van der Waals surface area contributed by atoms with E-state index >= 15 is 0 Å². The number of unbranched alkanes of at least 4 members (excludes halogenated alkanes) is 1. The Hall–Kier alpha value is -5.18. The van der Waals surface area contributed by atoms with Crippen molar-refractivity contribution in [3.8, 4) is 0 Å². The van der Waals surface area contributed by atoms with Gasteiger partial charge < -0.3 is 19.1 Å². The molecule has 0 aliphatic heterocycles. The highest BCUT2D eigenvalue weighted by Gasteiger charge is 2.38. The fraction of sp³-hybridized carbons (Fsp3) is 0.316. The molecule has 0 fully saturated rings. The smallest absolute Gasteiger partial charge is 0.419 e. The highest BCUT2D eigenvalue weighted by Crippen LogP contribution is 2.41. The lowest BCUT2D eigenvalue weighted by atomic mass is 9.77. The molecular formula is C38H43N3O6. The molecule has 0 radical (unpaired) electrons. The average Bonchev–Trinajstić information content (AvgIpc) is 3.49. The quantitative estimate of drug-likeness (QED) is 0.106. The summed E-state index contributed by atoms with van der Waals surface area (Å²) in [5, 5.41) is 10.3. The minimum atomic E-state index is -1.14. The normalized spacial score (nSPS) is 12.3. The van der Waals surface area contributed by atoms with Crippen molar-refractivity contribution in [2.75, 3.05) is 6.54 Å². The zero-order chi connectivity index (χ0) is 34.2. The number of rotatable bonds is 10. The predicted molar refractivity (Wildman–Crippen MR) is 181 cm³/mol. The highest BCUT2D eigenvalue weighted by molar-refractivity contribution is 6.14. The largest absolute Gasteiger partial charge is 0.478 e. The molecule has 0 aliphatic carbocycles. The maximum absolute atomic E-state index is 12.9. The number of carbonyl (C=O) groups is 3. The Labute approximate surface area is 276 Å². The van der Waals surface area contributed by atoms with Crippen LogP contribution in [0.25, 0.3) is 5.57 Å². The van der Waals surface area contributed by atoms with Crippen LogP contribution in [0.15, 0.2) is 110 Å². The third kappa shape index (κ3) is 8.55. The molecule has 0 bridgehead atoms. The summed E-state index contributed by atoms with van der Waals surface area (Å²) < 4.78 is 12.8. The van der Waals surface area contributed by atoms with Gasteiger partial charge in [-0.05, 0) is 71.1 Å². The molecule has 0 unspecified atom stereocenters. The van der Waals surface area contributed by atoms with Crippen molar-refractivity contribution in [2.24, 2.45) is 0 Å². The maximum atomic E-state index is 12.9. The average molecular weight is 638 g/mol. The van der Waals surface area contributed by atoms with Crippen molar-refractivity contribution in [1.29, 1.82) is 0 Å².